The van der Waals surface area contributed by atoms with E-state index in [1.165, 1.54) is 7.05 Å². The molecule has 1 fully saturated rings. The third kappa shape index (κ3) is 2.97. The van der Waals surface area contributed by atoms with Gasteiger partial charge in [-0.25, -0.2) is 18.1 Å². The van der Waals surface area contributed by atoms with Gasteiger partial charge >= 0.3 is 0 Å². The minimum atomic E-state index is -3.33. The van der Waals surface area contributed by atoms with E-state index in [1.54, 1.807) is 0 Å². The molecule has 2 N–H and O–H groups in total. The van der Waals surface area contributed by atoms with Gasteiger partial charge in [-0.2, -0.15) is 0 Å². The van der Waals surface area contributed by atoms with Crippen LogP contribution in [0.2, 0.25) is 0 Å². The molecule has 2 aromatic heterocycles. The van der Waals surface area contributed by atoms with E-state index in [0.29, 0.717) is 11.6 Å². The maximum atomic E-state index is 12.3. The van der Waals surface area contributed by atoms with Crippen molar-refractivity contribution in [2.24, 2.45) is 0 Å². The molecule has 22 heavy (non-hydrogen) atoms. The number of fused-ring (bicyclic) bond motifs is 1. The molecular weight excluding hydrogens is 304 g/mol. The zero-order chi connectivity index (χ0) is 15.7. The van der Waals surface area contributed by atoms with Crippen LogP contribution in [0.1, 0.15) is 35.1 Å². The van der Waals surface area contributed by atoms with Crippen molar-refractivity contribution in [3.63, 3.8) is 0 Å². The van der Waals surface area contributed by atoms with Gasteiger partial charge in [-0.15, -0.1) is 0 Å². The second-order valence-electron chi connectivity index (χ2n) is 5.33. The van der Waals surface area contributed by atoms with E-state index in [1.807, 2.05) is 28.8 Å². The summed E-state index contributed by atoms with van der Waals surface area (Å²) in [6, 6.07) is 5.61. The van der Waals surface area contributed by atoms with Crippen molar-refractivity contribution in [1.29, 1.82) is 0 Å². The van der Waals surface area contributed by atoms with Crippen LogP contribution in [0, 0.1) is 0 Å². The number of carbonyl (C=O) groups is 1. The Balaban J connectivity index is 1.79. The maximum absolute atomic E-state index is 12.3. The average molecular weight is 322 g/mol. The molecule has 2 heterocycles. The Hall–Kier alpha value is -1.93. The molecule has 0 saturated heterocycles. The molecule has 1 aliphatic carbocycles. The summed E-state index contributed by atoms with van der Waals surface area (Å²) in [4.78, 5) is 16.8. The van der Waals surface area contributed by atoms with Crippen molar-refractivity contribution in [1.82, 2.24) is 19.4 Å². The van der Waals surface area contributed by atoms with Crippen LogP contribution in [0.4, 0.5) is 0 Å². The van der Waals surface area contributed by atoms with E-state index in [2.05, 4.69) is 15.0 Å². The fourth-order valence-electron chi connectivity index (χ4n) is 2.34. The predicted octanol–water partition coefficient (Wildman–Crippen LogP) is 0.491. The van der Waals surface area contributed by atoms with Gasteiger partial charge in [-0.1, -0.05) is 6.07 Å². The number of imidazole rings is 1. The molecular formula is C14H18N4O3S. The smallest absolute Gasteiger partial charge is 0.272 e. The van der Waals surface area contributed by atoms with E-state index < -0.39 is 10.0 Å². The lowest BCUT2D eigenvalue weighted by Gasteiger charge is -2.04. The summed E-state index contributed by atoms with van der Waals surface area (Å²) >= 11 is 0. The third-order valence-corrected chi connectivity index (χ3v) is 5.06. The van der Waals surface area contributed by atoms with Crippen LogP contribution in [-0.2, 0) is 10.0 Å². The number of hydrogen-bond acceptors (Lipinski definition) is 4. The van der Waals surface area contributed by atoms with Gasteiger partial charge in [-0.3, -0.25) is 4.79 Å². The summed E-state index contributed by atoms with van der Waals surface area (Å²) in [6.45, 7) is 0.0482. The monoisotopic (exact) mass is 322 g/mol. The molecule has 0 radical (unpaired) electrons. The topological polar surface area (TPSA) is 92.6 Å². The molecule has 0 atom stereocenters. The Labute approximate surface area is 128 Å². The van der Waals surface area contributed by atoms with Gasteiger partial charge in [0.2, 0.25) is 10.0 Å². The fourth-order valence-corrected chi connectivity index (χ4v) is 2.92. The normalized spacial score (nSPS) is 15.1. The number of nitrogens with zero attached hydrogens (tertiary/aromatic N) is 2. The number of nitrogens with one attached hydrogen (secondary N) is 2. The molecule has 1 amide bonds. The molecule has 0 bridgehead atoms. The second-order valence-corrected chi connectivity index (χ2v) is 7.37. The van der Waals surface area contributed by atoms with Gasteiger partial charge in [-0.05, 0) is 32.0 Å². The van der Waals surface area contributed by atoms with E-state index >= 15 is 0 Å². The van der Waals surface area contributed by atoms with Crippen molar-refractivity contribution in [2.75, 3.05) is 19.3 Å². The van der Waals surface area contributed by atoms with E-state index in [9.17, 15) is 13.2 Å². The average Bonchev–Trinajstić information content (AvgIpc) is 3.27. The first-order chi connectivity index (χ1) is 10.5. The van der Waals surface area contributed by atoms with E-state index in [0.717, 1.165) is 24.2 Å². The molecule has 0 aromatic carbocycles. The number of amides is 1. The lowest BCUT2D eigenvalue weighted by molar-refractivity contribution is 0.0953. The largest absolute Gasteiger partial charge is 0.350 e. The van der Waals surface area contributed by atoms with Crippen molar-refractivity contribution in [3.8, 4) is 0 Å². The molecule has 3 rings (SSSR count). The molecule has 1 aliphatic rings. The number of sulfonamides is 1. The molecule has 8 heteroatoms. The van der Waals surface area contributed by atoms with Crippen molar-refractivity contribution < 1.29 is 13.2 Å². The summed E-state index contributed by atoms with van der Waals surface area (Å²) in [7, 11) is -1.98. The molecule has 118 valence electrons. The quantitative estimate of drug-likeness (QED) is 0.809. The maximum Gasteiger partial charge on any atom is 0.272 e. The Morgan fingerprint density at radius 2 is 2.18 bits per heavy atom. The van der Waals surface area contributed by atoms with Crippen LogP contribution in [0.3, 0.4) is 0 Å². The van der Waals surface area contributed by atoms with Crippen molar-refractivity contribution in [2.45, 2.75) is 18.8 Å². The van der Waals surface area contributed by atoms with Crippen LogP contribution in [0.15, 0.2) is 24.4 Å². The molecule has 1 saturated carbocycles. The third-order valence-electron chi connectivity index (χ3n) is 3.70. The predicted molar refractivity (Wildman–Crippen MR) is 82.3 cm³/mol. The van der Waals surface area contributed by atoms with Crippen LogP contribution in [0.5, 0.6) is 0 Å². The molecule has 0 aliphatic heterocycles. The van der Waals surface area contributed by atoms with Gasteiger partial charge < -0.3 is 9.72 Å². The lowest BCUT2D eigenvalue weighted by Crippen LogP contribution is -2.33. The first kappa shape index (κ1) is 15.0. The van der Waals surface area contributed by atoms with E-state index in [-0.39, 0.29) is 18.2 Å². The van der Waals surface area contributed by atoms with Gasteiger partial charge in [0.25, 0.3) is 5.91 Å². The van der Waals surface area contributed by atoms with Crippen LogP contribution >= 0.6 is 0 Å². The first-order valence-corrected chi connectivity index (χ1v) is 8.83. The Bertz CT molecular complexity index is 809. The van der Waals surface area contributed by atoms with Crippen LogP contribution in [0.25, 0.3) is 5.52 Å². The molecule has 0 unspecified atom stereocenters. The second kappa shape index (κ2) is 5.69. The van der Waals surface area contributed by atoms with Gasteiger partial charge in [0.1, 0.15) is 5.82 Å². The first-order valence-electron chi connectivity index (χ1n) is 7.18. The Kier molecular flexibility index (Phi) is 3.88. The number of pyridine rings is 1. The Morgan fingerprint density at radius 3 is 2.86 bits per heavy atom. The van der Waals surface area contributed by atoms with E-state index in [4.69, 9.17) is 0 Å². The zero-order valence-corrected chi connectivity index (χ0v) is 13.1. The van der Waals surface area contributed by atoms with Gasteiger partial charge in [0, 0.05) is 18.7 Å². The summed E-state index contributed by atoms with van der Waals surface area (Å²) in [5.74, 6) is 0.822. The Morgan fingerprint density at radius 1 is 1.41 bits per heavy atom. The minimum absolute atomic E-state index is 0.0482. The summed E-state index contributed by atoms with van der Waals surface area (Å²) < 4.78 is 26.9. The summed E-state index contributed by atoms with van der Waals surface area (Å²) in [5, 5.41) is 2.62. The number of rotatable bonds is 6. The molecule has 0 spiro atoms. The standard InChI is InChI=1S/C14H18N4O3S/c1-15-22(20,21)9-7-16-14(19)12-11-4-2-3-8-18(11)13(17-12)10-5-6-10/h2-4,8,10,15H,5-7,9H2,1H3,(H,16,19). The highest BCUT2D eigenvalue weighted by Crippen LogP contribution is 2.39. The SMILES string of the molecule is CNS(=O)(=O)CCNC(=O)c1nc(C2CC2)n2ccccc12. The summed E-state index contributed by atoms with van der Waals surface area (Å²) in [5.41, 5.74) is 1.10. The van der Waals surface area contributed by atoms with Gasteiger partial charge in [0.05, 0.1) is 11.3 Å². The molecule has 2 aromatic rings. The minimum Gasteiger partial charge on any atom is -0.350 e. The summed E-state index contributed by atoms with van der Waals surface area (Å²) in [6.07, 6.45) is 4.09. The number of carbonyl (C=O) groups excluding carboxylic acids is 1. The highest BCUT2D eigenvalue weighted by Gasteiger charge is 2.30. The fraction of sp³-hybridized carbons (Fsp3) is 0.429. The highest BCUT2D eigenvalue weighted by molar-refractivity contribution is 7.89. The van der Waals surface area contributed by atoms with Crippen molar-refractivity contribution >= 4 is 21.4 Å². The van der Waals surface area contributed by atoms with Crippen LogP contribution in [-0.4, -0.2) is 43.1 Å². The zero-order valence-electron chi connectivity index (χ0n) is 12.2. The lowest BCUT2D eigenvalue weighted by atomic mass is 10.3. The molecule has 7 nitrogen and oxygen atoms in total. The highest BCUT2D eigenvalue weighted by atomic mass is 32.2. The number of hydrogen-bond donors (Lipinski definition) is 2. The van der Waals surface area contributed by atoms with Gasteiger partial charge in [0.15, 0.2) is 5.69 Å². The van der Waals surface area contributed by atoms with Crippen molar-refractivity contribution in [3.05, 3.63) is 35.9 Å². The number of aromatic nitrogens is 2. The van der Waals surface area contributed by atoms with Crippen LogP contribution < -0.4 is 10.0 Å².